The first-order valence-electron chi connectivity index (χ1n) is 8.04. The van der Waals surface area contributed by atoms with Gasteiger partial charge in [-0.25, -0.2) is 4.39 Å². The van der Waals surface area contributed by atoms with E-state index < -0.39 is 0 Å². The number of rotatable bonds is 5. The van der Waals surface area contributed by atoms with E-state index in [4.69, 9.17) is 0 Å². The maximum atomic E-state index is 12.9. The van der Waals surface area contributed by atoms with Gasteiger partial charge in [-0.05, 0) is 54.6 Å². The molecule has 7 heteroatoms. The zero-order valence-corrected chi connectivity index (χ0v) is 15.5. The molecule has 1 atom stereocenters. The molecule has 0 saturated heterocycles. The number of thiophene rings is 1. The lowest BCUT2D eigenvalue weighted by atomic mass is 10.1. The molecule has 2 amide bonds. The maximum absolute atomic E-state index is 12.9. The lowest BCUT2D eigenvalue weighted by Gasteiger charge is -2.29. The molecule has 0 spiro atoms. The predicted octanol–water partition coefficient (Wildman–Crippen LogP) is 3.53. The van der Waals surface area contributed by atoms with E-state index in [1.165, 1.54) is 46.5 Å². The van der Waals surface area contributed by atoms with Gasteiger partial charge in [0.1, 0.15) is 5.82 Å². The van der Waals surface area contributed by atoms with Gasteiger partial charge < -0.3 is 10.2 Å². The lowest BCUT2D eigenvalue weighted by Crippen LogP contribution is -2.40. The Morgan fingerprint density at radius 3 is 2.84 bits per heavy atom. The molecule has 132 valence electrons. The molecule has 3 rings (SSSR count). The summed E-state index contributed by atoms with van der Waals surface area (Å²) in [7, 11) is 0. The van der Waals surface area contributed by atoms with E-state index in [0.29, 0.717) is 12.2 Å². The summed E-state index contributed by atoms with van der Waals surface area (Å²) in [5, 5.41) is 4.49. The monoisotopic (exact) mass is 378 g/mol. The molecule has 1 N–H and O–H groups in total. The average Bonchev–Trinajstić information content (AvgIpc) is 3.08. The molecule has 1 aliphatic rings. The molecular formula is C18H19FN2O2S2. The predicted molar refractivity (Wildman–Crippen MR) is 100 cm³/mol. The van der Waals surface area contributed by atoms with E-state index in [9.17, 15) is 14.0 Å². The van der Waals surface area contributed by atoms with Crippen molar-refractivity contribution in [3.05, 3.63) is 52.0 Å². The zero-order valence-electron chi connectivity index (χ0n) is 13.8. The second kappa shape index (κ2) is 8.01. The Morgan fingerprint density at radius 1 is 1.32 bits per heavy atom. The van der Waals surface area contributed by atoms with Crippen LogP contribution in [0.5, 0.6) is 0 Å². The number of hydrogen-bond acceptors (Lipinski definition) is 4. The van der Waals surface area contributed by atoms with Crippen LogP contribution in [0.1, 0.15) is 17.4 Å². The molecule has 1 aromatic heterocycles. The van der Waals surface area contributed by atoms with Crippen LogP contribution in [-0.4, -0.2) is 34.3 Å². The van der Waals surface area contributed by atoms with Crippen LogP contribution in [0.4, 0.5) is 10.1 Å². The van der Waals surface area contributed by atoms with Gasteiger partial charge in [0.25, 0.3) is 0 Å². The largest absolute Gasteiger partial charge is 0.337 e. The lowest BCUT2D eigenvalue weighted by molar-refractivity contribution is -0.131. The van der Waals surface area contributed by atoms with Gasteiger partial charge >= 0.3 is 0 Å². The standard InChI is InChI=1S/C18H19FN2O2S2/c1-12(18(23)21-8-6-16-13(10-21)7-9-24-16)25-11-17(22)20-15-4-2-14(19)3-5-15/h2-5,7,9,12H,6,8,10-11H2,1H3,(H,20,22)/t12-/m0/s1. The van der Waals surface area contributed by atoms with Crippen LogP contribution in [0, 0.1) is 5.82 Å². The minimum Gasteiger partial charge on any atom is -0.337 e. The molecule has 25 heavy (non-hydrogen) atoms. The number of benzene rings is 1. The van der Waals surface area contributed by atoms with Gasteiger partial charge in [-0.3, -0.25) is 9.59 Å². The SMILES string of the molecule is C[C@H](SCC(=O)Nc1ccc(F)cc1)C(=O)N1CCc2sccc2C1. The summed E-state index contributed by atoms with van der Waals surface area (Å²) in [6.45, 7) is 3.23. The van der Waals surface area contributed by atoms with Gasteiger partial charge in [0, 0.05) is 23.7 Å². The summed E-state index contributed by atoms with van der Waals surface area (Å²) >= 11 is 3.06. The van der Waals surface area contributed by atoms with Crippen molar-refractivity contribution in [3.63, 3.8) is 0 Å². The van der Waals surface area contributed by atoms with Gasteiger partial charge in [-0.15, -0.1) is 23.1 Å². The van der Waals surface area contributed by atoms with Crippen molar-refractivity contribution in [2.45, 2.75) is 25.1 Å². The number of carbonyl (C=O) groups excluding carboxylic acids is 2. The summed E-state index contributed by atoms with van der Waals surface area (Å²) in [6, 6.07) is 7.69. The Balaban J connectivity index is 1.47. The zero-order chi connectivity index (χ0) is 17.8. The minimum absolute atomic E-state index is 0.0661. The highest BCUT2D eigenvalue weighted by Crippen LogP contribution is 2.25. The molecule has 0 aliphatic carbocycles. The Morgan fingerprint density at radius 2 is 2.08 bits per heavy atom. The molecule has 1 aromatic carbocycles. The summed E-state index contributed by atoms with van der Waals surface area (Å²) in [6.07, 6.45) is 0.904. The van der Waals surface area contributed by atoms with Crippen molar-refractivity contribution in [3.8, 4) is 0 Å². The summed E-state index contributed by atoms with van der Waals surface area (Å²) < 4.78 is 12.9. The third-order valence-electron chi connectivity index (χ3n) is 4.06. The molecule has 2 heterocycles. The fraction of sp³-hybridized carbons (Fsp3) is 0.333. The van der Waals surface area contributed by atoms with Crippen molar-refractivity contribution in [1.82, 2.24) is 4.90 Å². The topological polar surface area (TPSA) is 49.4 Å². The van der Waals surface area contributed by atoms with E-state index in [1.807, 2.05) is 11.8 Å². The van der Waals surface area contributed by atoms with Crippen molar-refractivity contribution >= 4 is 40.6 Å². The Bertz CT molecular complexity index is 761. The van der Waals surface area contributed by atoms with Crippen molar-refractivity contribution < 1.29 is 14.0 Å². The third kappa shape index (κ3) is 4.61. The van der Waals surface area contributed by atoms with Gasteiger partial charge in [-0.2, -0.15) is 0 Å². The van der Waals surface area contributed by atoms with Crippen molar-refractivity contribution in [1.29, 1.82) is 0 Å². The first-order valence-corrected chi connectivity index (χ1v) is 9.97. The fourth-order valence-corrected chi connectivity index (χ4v) is 4.35. The smallest absolute Gasteiger partial charge is 0.235 e. The van der Waals surface area contributed by atoms with Crippen molar-refractivity contribution in [2.24, 2.45) is 0 Å². The van der Waals surface area contributed by atoms with Crippen LogP contribution in [0.2, 0.25) is 0 Å². The molecule has 2 aromatic rings. The molecule has 1 aliphatic heterocycles. The van der Waals surface area contributed by atoms with E-state index in [2.05, 4.69) is 16.8 Å². The first-order chi connectivity index (χ1) is 12.0. The molecule has 0 unspecified atom stereocenters. The highest BCUT2D eigenvalue weighted by Gasteiger charge is 2.25. The van der Waals surface area contributed by atoms with Crippen LogP contribution in [0.3, 0.4) is 0 Å². The number of anilines is 1. The number of halogens is 1. The summed E-state index contributed by atoms with van der Waals surface area (Å²) in [4.78, 5) is 27.8. The number of fused-ring (bicyclic) bond motifs is 1. The van der Waals surface area contributed by atoms with Crippen LogP contribution in [0.15, 0.2) is 35.7 Å². The van der Waals surface area contributed by atoms with Crippen molar-refractivity contribution in [2.75, 3.05) is 17.6 Å². The molecule has 0 saturated carbocycles. The second-order valence-electron chi connectivity index (χ2n) is 5.89. The molecule has 4 nitrogen and oxygen atoms in total. The van der Waals surface area contributed by atoms with E-state index in [-0.39, 0.29) is 28.6 Å². The quantitative estimate of drug-likeness (QED) is 0.866. The van der Waals surface area contributed by atoms with Gasteiger partial charge in [0.05, 0.1) is 11.0 Å². The molecule has 0 fully saturated rings. The normalized spacial score (nSPS) is 14.7. The number of amides is 2. The van der Waals surface area contributed by atoms with Gasteiger partial charge in [0.2, 0.25) is 11.8 Å². The van der Waals surface area contributed by atoms with E-state index in [0.717, 1.165) is 13.0 Å². The van der Waals surface area contributed by atoms with Gasteiger partial charge in [0.15, 0.2) is 0 Å². The number of nitrogens with zero attached hydrogens (tertiary/aromatic N) is 1. The number of hydrogen-bond donors (Lipinski definition) is 1. The van der Waals surface area contributed by atoms with Crippen LogP contribution in [0.25, 0.3) is 0 Å². The van der Waals surface area contributed by atoms with Crippen LogP contribution < -0.4 is 5.32 Å². The van der Waals surface area contributed by atoms with Gasteiger partial charge in [-0.1, -0.05) is 0 Å². The van der Waals surface area contributed by atoms with E-state index in [1.54, 1.807) is 11.3 Å². The number of carbonyl (C=O) groups is 2. The number of nitrogens with one attached hydrogen (secondary N) is 1. The average molecular weight is 378 g/mol. The third-order valence-corrected chi connectivity index (χ3v) is 6.21. The Labute approximate surface area is 154 Å². The summed E-state index contributed by atoms with van der Waals surface area (Å²) in [5.74, 6) is -0.296. The number of thioether (sulfide) groups is 1. The first kappa shape index (κ1) is 17.9. The second-order valence-corrected chi connectivity index (χ2v) is 8.22. The highest BCUT2D eigenvalue weighted by molar-refractivity contribution is 8.01. The van der Waals surface area contributed by atoms with E-state index >= 15 is 0 Å². The molecular weight excluding hydrogens is 359 g/mol. The highest BCUT2D eigenvalue weighted by atomic mass is 32.2. The molecule has 0 radical (unpaired) electrons. The fourth-order valence-electron chi connectivity index (χ4n) is 2.70. The maximum Gasteiger partial charge on any atom is 0.235 e. The summed E-state index contributed by atoms with van der Waals surface area (Å²) in [5.41, 5.74) is 1.78. The minimum atomic E-state index is -0.345. The Hall–Kier alpha value is -1.86. The van der Waals surface area contributed by atoms with Crippen LogP contribution in [-0.2, 0) is 22.6 Å². The Kier molecular flexibility index (Phi) is 5.75. The molecule has 0 bridgehead atoms. The van der Waals surface area contributed by atoms with Crippen LogP contribution >= 0.6 is 23.1 Å².